The minimum Gasteiger partial charge on any atom is -0.398 e. The van der Waals surface area contributed by atoms with Crippen LogP contribution in [-0.4, -0.2) is 8.42 Å². The molecule has 0 bridgehead atoms. The highest BCUT2D eigenvalue weighted by molar-refractivity contribution is 9.10. The molecule has 2 rings (SSSR count). The van der Waals surface area contributed by atoms with Gasteiger partial charge in [0.15, 0.2) is 0 Å². The first-order valence-corrected chi connectivity index (χ1v) is 8.84. The summed E-state index contributed by atoms with van der Waals surface area (Å²) in [4.78, 5) is 0.0891. The largest absolute Gasteiger partial charge is 0.398 e. The van der Waals surface area contributed by atoms with Crippen LogP contribution in [0.25, 0.3) is 0 Å². The third-order valence-corrected chi connectivity index (χ3v) is 5.19. The Kier molecular flexibility index (Phi) is 5.03. The molecule has 0 fully saturated rings. The number of anilines is 1. The second-order valence-corrected chi connectivity index (χ2v) is 7.27. The van der Waals surface area contributed by atoms with E-state index in [0.29, 0.717) is 10.9 Å². The molecule has 0 aromatic heterocycles. The van der Waals surface area contributed by atoms with Gasteiger partial charge in [-0.05, 0) is 30.2 Å². The molecule has 1 unspecified atom stereocenters. The van der Waals surface area contributed by atoms with Crippen molar-refractivity contribution >= 4 is 31.6 Å². The molecular formula is C15H17BrN2O2S. The number of nitrogens with one attached hydrogen (secondary N) is 1. The normalized spacial score (nSPS) is 13.0. The summed E-state index contributed by atoms with van der Waals surface area (Å²) in [5.41, 5.74) is 6.95. The van der Waals surface area contributed by atoms with Gasteiger partial charge in [0, 0.05) is 10.5 Å². The highest BCUT2D eigenvalue weighted by Gasteiger charge is 2.22. The smallest absolute Gasteiger partial charge is 0.243 e. The Morgan fingerprint density at radius 1 is 1.19 bits per heavy atom. The Labute approximate surface area is 133 Å². The second-order valence-electron chi connectivity index (χ2n) is 4.67. The van der Waals surface area contributed by atoms with Gasteiger partial charge in [0.25, 0.3) is 0 Å². The fourth-order valence-electron chi connectivity index (χ4n) is 2.06. The second kappa shape index (κ2) is 6.60. The first-order valence-electron chi connectivity index (χ1n) is 6.56. The van der Waals surface area contributed by atoms with E-state index in [-0.39, 0.29) is 16.6 Å². The molecule has 0 aliphatic carbocycles. The number of benzene rings is 2. The van der Waals surface area contributed by atoms with Gasteiger partial charge < -0.3 is 5.73 Å². The van der Waals surface area contributed by atoms with Crippen LogP contribution < -0.4 is 10.5 Å². The van der Waals surface area contributed by atoms with E-state index >= 15 is 0 Å². The molecule has 0 aliphatic rings. The lowest BCUT2D eigenvalue weighted by Gasteiger charge is -2.18. The maximum absolute atomic E-state index is 12.5. The Bertz CT molecular complexity index is 718. The number of nitrogen functional groups attached to an aromatic ring is 1. The number of halogens is 1. The summed E-state index contributed by atoms with van der Waals surface area (Å²) in [6.45, 7) is 1.93. The molecule has 0 amide bonds. The molecule has 0 heterocycles. The maximum Gasteiger partial charge on any atom is 0.243 e. The van der Waals surface area contributed by atoms with Crippen molar-refractivity contribution in [2.45, 2.75) is 24.3 Å². The molecule has 2 aromatic rings. The highest BCUT2D eigenvalue weighted by atomic mass is 79.9. The van der Waals surface area contributed by atoms with E-state index in [4.69, 9.17) is 5.73 Å². The summed E-state index contributed by atoms with van der Waals surface area (Å²) in [5.74, 6) is 0. The van der Waals surface area contributed by atoms with Crippen LogP contribution in [0.2, 0.25) is 0 Å². The lowest BCUT2D eigenvalue weighted by atomic mass is 10.1. The average Bonchev–Trinajstić information content (AvgIpc) is 2.48. The van der Waals surface area contributed by atoms with Crippen LogP contribution in [0.5, 0.6) is 0 Å². The van der Waals surface area contributed by atoms with Gasteiger partial charge in [-0.1, -0.05) is 53.2 Å². The van der Waals surface area contributed by atoms with E-state index < -0.39 is 10.0 Å². The number of nitrogens with two attached hydrogens (primary N) is 1. The van der Waals surface area contributed by atoms with Crippen molar-refractivity contribution in [3.8, 4) is 0 Å². The lowest BCUT2D eigenvalue weighted by molar-refractivity contribution is 0.550. The lowest BCUT2D eigenvalue weighted by Crippen LogP contribution is -2.29. The average molecular weight is 369 g/mol. The third-order valence-electron chi connectivity index (χ3n) is 3.17. The van der Waals surface area contributed by atoms with Crippen molar-refractivity contribution in [1.82, 2.24) is 4.72 Å². The predicted octanol–water partition coefficient (Wildman–Crippen LogP) is 3.46. The number of rotatable bonds is 5. The Balaban J connectivity index is 2.34. The van der Waals surface area contributed by atoms with Crippen LogP contribution >= 0.6 is 15.9 Å². The molecule has 0 aliphatic heterocycles. The molecule has 0 spiro atoms. The molecule has 0 radical (unpaired) electrons. The molecule has 3 N–H and O–H groups in total. The van der Waals surface area contributed by atoms with Gasteiger partial charge in [0.2, 0.25) is 10.0 Å². The van der Waals surface area contributed by atoms with Crippen LogP contribution in [0.15, 0.2) is 57.9 Å². The van der Waals surface area contributed by atoms with Crippen molar-refractivity contribution in [3.63, 3.8) is 0 Å². The first kappa shape index (κ1) is 16.0. The maximum atomic E-state index is 12.5. The van der Waals surface area contributed by atoms with E-state index in [1.165, 1.54) is 6.07 Å². The molecule has 0 saturated carbocycles. The first-order chi connectivity index (χ1) is 9.94. The minimum atomic E-state index is -3.68. The van der Waals surface area contributed by atoms with Crippen LogP contribution in [0.4, 0.5) is 5.69 Å². The minimum absolute atomic E-state index is 0.0891. The number of hydrogen-bond acceptors (Lipinski definition) is 3. The van der Waals surface area contributed by atoms with E-state index in [1.54, 1.807) is 12.1 Å². The SMILES string of the molecule is CCC(NS(=O)(=O)c1cc(Br)ccc1N)c1ccccc1. The fourth-order valence-corrected chi connectivity index (χ4v) is 4.04. The predicted molar refractivity (Wildman–Crippen MR) is 88.3 cm³/mol. The van der Waals surface area contributed by atoms with Crippen LogP contribution in [0.1, 0.15) is 24.9 Å². The molecule has 6 heteroatoms. The quantitative estimate of drug-likeness (QED) is 0.793. The zero-order valence-corrected chi connectivity index (χ0v) is 14.0. The molecule has 1 atom stereocenters. The summed E-state index contributed by atoms with van der Waals surface area (Å²) in [6, 6.07) is 14.0. The van der Waals surface area contributed by atoms with Crippen molar-refractivity contribution < 1.29 is 8.42 Å². The zero-order chi connectivity index (χ0) is 15.5. The molecule has 2 aromatic carbocycles. The highest BCUT2D eigenvalue weighted by Crippen LogP contribution is 2.25. The van der Waals surface area contributed by atoms with Crippen molar-refractivity contribution in [1.29, 1.82) is 0 Å². The Morgan fingerprint density at radius 2 is 1.86 bits per heavy atom. The summed E-state index contributed by atoms with van der Waals surface area (Å²) >= 11 is 3.27. The molecule has 0 saturated heterocycles. The van der Waals surface area contributed by atoms with Gasteiger partial charge in [-0.25, -0.2) is 13.1 Å². The third kappa shape index (κ3) is 3.84. The summed E-state index contributed by atoms with van der Waals surface area (Å²) < 4.78 is 28.5. The monoisotopic (exact) mass is 368 g/mol. The topological polar surface area (TPSA) is 72.2 Å². The molecule has 4 nitrogen and oxygen atoms in total. The summed E-state index contributed by atoms with van der Waals surface area (Å²) in [5, 5.41) is 0. The van der Waals surface area contributed by atoms with Gasteiger partial charge in [-0.15, -0.1) is 0 Å². The van der Waals surface area contributed by atoms with Crippen LogP contribution in [0.3, 0.4) is 0 Å². The van der Waals surface area contributed by atoms with Crippen LogP contribution in [0, 0.1) is 0 Å². The number of sulfonamides is 1. The van der Waals surface area contributed by atoms with E-state index in [2.05, 4.69) is 20.7 Å². The fraction of sp³-hybridized carbons (Fsp3) is 0.200. The van der Waals surface area contributed by atoms with Gasteiger partial charge >= 0.3 is 0 Å². The summed E-state index contributed by atoms with van der Waals surface area (Å²) in [7, 11) is -3.68. The van der Waals surface area contributed by atoms with Gasteiger partial charge in [0.1, 0.15) is 4.90 Å². The van der Waals surface area contributed by atoms with E-state index in [9.17, 15) is 8.42 Å². The molecular weight excluding hydrogens is 352 g/mol. The van der Waals surface area contributed by atoms with Crippen molar-refractivity contribution in [3.05, 3.63) is 58.6 Å². The Morgan fingerprint density at radius 3 is 2.48 bits per heavy atom. The van der Waals surface area contributed by atoms with Crippen molar-refractivity contribution in [2.24, 2.45) is 0 Å². The molecule has 112 valence electrons. The summed E-state index contributed by atoms with van der Waals surface area (Å²) in [6.07, 6.45) is 0.650. The van der Waals surface area contributed by atoms with Crippen LogP contribution in [-0.2, 0) is 10.0 Å². The zero-order valence-electron chi connectivity index (χ0n) is 11.6. The van der Waals surface area contributed by atoms with Gasteiger partial charge in [-0.2, -0.15) is 0 Å². The number of hydrogen-bond donors (Lipinski definition) is 2. The van der Waals surface area contributed by atoms with Crippen molar-refractivity contribution in [2.75, 3.05) is 5.73 Å². The van der Waals surface area contributed by atoms with Gasteiger partial charge in [-0.3, -0.25) is 0 Å². The van der Waals surface area contributed by atoms with Gasteiger partial charge in [0.05, 0.1) is 5.69 Å². The molecule has 21 heavy (non-hydrogen) atoms. The van der Waals surface area contributed by atoms with E-state index in [1.807, 2.05) is 37.3 Å². The standard InChI is InChI=1S/C15H17BrN2O2S/c1-2-14(11-6-4-3-5-7-11)18-21(19,20)15-10-12(16)8-9-13(15)17/h3-10,14,18H,2,17H2,1H3. The Hall–Kier alpha value is -1.37. The van der Waals surface area contributed by atoms with E-state index in [0.717, 1.165) is 5.56 Å².